The predicted octanol–water partition coefficient (Wildman–Crippen LogP) is 3.88. The molecule has 1 aromatic rings. The number of carbonyl (C=O) groups excluding carboxylic acids is 2. The average molecular weight is 403 g/mol. The van der Waals surface area contributed by atoms with Crippen LogP contribution in [0.3, 0.4) is 0 Å². The molecule has 2 fully saturated rings. The highest BCUT2D eigenvalue weighted by Gasteiger charge is 2.43. The highest BCUT2D eigenvalue weighted by atomic mass is 16.6. The van der Waals surface area contributed by atoms with Crippen LogP contribution >= 0.6 is 0 Å². The smallest absolute Gasteiger partial charge is 0.409 e. The summed E-state index contributed by atoms with van der Waals surface area (Å²) in [5, 5.41) is 0. The van der Waals surface area contributed by atoms with E-state index in [-0.39, 0.29) is 17.4 Å². The number of nitrogens with zero attached hydrogens (tertiary/aromatic N) is 2. The summed E-state index contributed by atoms with van der Waals surface area (Å²) in [6.07, 6.45) is 6.30. The lowest BCUT2D eigenvalue weighted by atomic mass is 9.77. The van der Waals surface area contributed by atoms with Gasteiger partial charge in [-0.05, 0) is 48.8 Å². The maximum absolute atomic E-state index is 12.7. The van der Waals surface area contributed by atoms with Gasteiger partial charge in [0.2, 0.25) is 5.91 Å². The van der Waals surface area contributed by atoms with E-state index in [1.165, 1.54) is 0 Å². The minimum Gasteiger partial charge on any atom is -0.497 e. The summed E-state index contributed by atoms with van der Waals surface area (Å²) in [6, 6.07) is 7.69. The number of unbranched alkanes of at least 4 members (excludes halogenated alkanes) is 2. The molecule has 6 heteroatoms. The van der Waals surface area contributed by atoms with E-state index in [0.29, 0.717) is 13.0 Å². The summed E-state index contributed by atoms with van der Waals surface area (Å²) >= 11 is 0. The molecule has 0 bridgehead atoms. The Morgan fingerprint density at radius 3 is 2.48 bits per heavy atom. The van der Waals surface area contributed by atoms with E-state index in [4.69, 9.17) is 9.47 Å². The molecule has 6 nitrogen and oxygen atoms in total. The minimum atomic E-state index is -0.172. The number of benzene rings is 1. The van der Waals surface area contributed by atoms with Gasteiger partial charge in [-0.2, -0.15) is 0 Å². The summed E-state index contributed by atoms with van der Waals surface area (Å²) in [6.45, 7) is 5.72. The molecule has 1 spiro atoms. The molecule has 2 amide bonds. The first-order valence-corrected chi connectivity index (χ1v) is 10.9. The van der Waals surface area contributed by atoms with Crippen LogP contribution < -0.4 is 4.74 Å². The van der Waals surface area contributed by atoms with Crippen LogP contribution in [0, 0.1) is 5.41 Å². The van der Waals surface area contributed by atoms with Gasteiger partial charge in [0, 0.05) is 26.2 Å². The van der Waals surface area contributed by atoms with E-state index in [0.717, 1.165) is 76.0 Å². The van der Waals surface area contributed by atoms with Crippen LogP contribution in [-0.2, 0) is 16.0 Å². The van der Waals surface area contributed by atoms with Gasteiger partial charge in [0.15, 0.2) is 0 Å². The van der Waals surface area contributed by atoms with Crippen molar-refractivity contribution in [3.8, 4) is 5.75 Å². The van der Waals surface area contributed by atoms with Gasteiger partial charge in [-0.15, -0.1) is 0 Å². The number of ether oxygens (including phenoxy) is 2. The molecule has 160 valence electrons. The molecular formula is C23H34N2O4. The molecule has 2 saturated heterocycles. The lowest BCUT2D eigenvalue weighted by molar-refractivity contribution is -0.132. The zero-order valence-electron chi connectivity index (χ0n) is 17.8. The fourth-order valence-electron chi connectivity index (χ4n) is 4.40. The van der Waals surface area contributed by atoms with Crippen molar-refractivity contribution in [2.24, 2.45) is 5.41 Å². The van der Waals surface area contributed by atoms with Crippen molar-refractivity contribution in [2.75, 3.05) is 39.9 Å². The summed E-state index contributed by atoms with van der Waals surface area (Å²) in [7, 11) is 1.64. The second-order valence-electron chi connectivity index (χ2n) is 8.40. The topological polar surface area (TPSA) is 59.1 Å². The third kappa shape index (κ3) is 5.64. The molecule has 0 unspecified atom stereocenters. The van der Waals surface area contributed by atoms with Gasteiger partial charge in [0.25, 0.3) is 0 Å². The second kappa shape index (κ2) is 9.99. The molecule has 29 heavy (non-hydrogen) atoms. The summed E-state index contributed by atoms with van der Waals surface area (Å²) < 4.78 is 10.7. The third-order valence-electron chi connectivity index (χ3n) is 6.34. The molecule has 0 aromatic heterocycles. The van der Waals surface area contributed by atoms with Crippen molar-refractivity contribution in [1.29, 1.82) is 0 Å². The second-order valence-corrected chi connectivity index (χ2v) is 8.40. The first kappa shape index (κ1) is 21.5. The van der Waals surface area contributed by atoms with Gasteiger partial charge >= 0.3 is 6.09 Å². The van der Waals surface area contributed by atoms with Crippen LogP contribution in [0.5, 0.6) is 5.75 Å². The largest absolute Gasteiger partial charge is 0.497 e. The Balaban J connectivity index is 1.45. The Bertz CT molecular complexity index is 698. The van der Waals surface area contributed by atoms with E-state index in [9.17, 15) is 9.59 Å². The van der Waals surface area contributed by atoms with E-state index in [1.54, 1.807) is 7.11 Å². The monoisotopic (exact) mass is 402 g/mol. The number of amides is 2. The van der Waals surface area contributed by atoms with Gasteiger partial charge in [-0.3, -0.25) is 4.79 Å². The molecule has 1 aromatic carbocycles. The van der Waals surface area contributed by atoms with Gasteiger partial charge < -0.3 is 19.3 Å². The van der Waals surface area contributed by atoms with Gasteiger partial charge in [0.1, 0.15) is 5.75 Å². The standard InChI is InChI=1S/C23H34N2O4/c1-3-4-5-15-29-22(27)25-14-11-23(18-25)9-12-24(13-10-23)21(26)17-19-7-6-8-20(16-19)28-2/h6-8,16H,3-5,9-15,17-18H2,1-2H3. The van der Waals surface area contributed by atoms with E-state index in [1.807, 2.05) is 34.1 Å². The first-order chi connectivity index (χ1) is 14.0. The van der Waals surface area contributed by atoms with Crippen molar-refractivity contribution < 1.29 is 19.1 Å². The molecule has 2 aliphatic rings. The average Bonchev–Trinajstić information content (AvgIpc) is 3.15. The Morgan fingerprint density at radius 2 is 1.79 bits per heavy atom. The number of likely N-dealkylation sites (tertiary alicyclic amines) is 2. The lowest BCUT2D eigenvalue weighted by Gasteiger charge is -2.39. The van der Waals surface area contributed by atoms with Gasteiger partial charge in [-0.1, -0.05) is 31.9 Å². The Labute approximate surface area is 174 Å². The van der Waals surface area contributed by atoms with Gasteiger partial charge in [-0.25, -0.2) is 4.79 Å². The van der Waals surface area contributed by atoms with Crippen molar-refractivity contribution in [3.63, 3.8) is 0 Å². The van der Waals surface area contributed by atoms with Crippen LogP contribution in [0.1, 0.15) is 51.0 Å². The zero-order valence-corrected chi connectivity index (χ0v) is 17.8. The zero-order chi connectivity index (χ0) is 20.7. The van der Waals surface area contributed by atoms with E-state index >= 15 is 0 Å². The Hall–Kier alpha value is -2.24. The van der Waals surface area contributed by atoms with Crippen LogP contribution in [0.4, 0.5) is 4.79 Å². The quantitative estimate of drug-likeness (QED) is 0.650. The third-order valence-corrected chi connectivity index (χ3v) is 6.34. The summed E-state index contributed by atoms with van der Waals surface area (Å²) in [4.78, 5) is 28.8. The molecule has 3 rings (SSSR count). The van der Waals surface area contributed by atoms with Crippen LogP contribution in [0.15, 0.2) is 24.3 Å². The van der Waals surface area contributed by atoms with E-state index < -0.39 is 0 Å². The molecule has 0 atom stereocenters. The molecule has 2 aliphatic heterocycles. The lowest BCUT2D eigenvalue weighted by Crippen LogP contribution is -2.45. The van der Waals surface area contributed by atoms with Crippen molar-refractivity contribution in [3.05, 3.63) is 29.8 Å². The number of hydrogen-bond donors (Lipinski definition) is 0. The van der Waals surface area contributed by atoms with E-state index in [2.05, 4.69) is 6.92 Å². The predicted molar refractivity (Wildman–Crippen MR) is 112 cm³/mol. The van der Waals surface area contributed by atoms with Crippen molar-refractivity contribution in [2.45, 2.75) is 51.9 Å². The molecular weight excluding hydrogens is 368 g/mol. The number of carbonyl (C=O) groups is 2. The molecule has 0 radical (unpaired) electrons. The molecule has 2 heterocycles. The van der Waals surface area contributed by atoms with Crippen LogP contribution in [0.25, 0.3) is 0 Å². The summed E-state index contributed by atoms with van der Waals surface area (Å²) in [5.74, 6) is 0.943. The Kier molecular flexibility index (Phi) is 7.40. The minimum absolute atomic E-state index is 0.148. The van der Waals surface area contributed by atoms with Crippen molar-refractivity contribution in [1.82, 2.24) is 9.80 Å². The Morgan fingerprint density at radius 1 is 1.07 bits per heavy atom. The van der Waals surface area contributed by atoms with Gasteiger partial charge in [0.05, 0.1) is 20.1 Å². The fraction of sp³-hybridized carbons (Fsp3) is 0.652. The SMILES string of the molecule is CCCCCOC(=O)N1CCC2(CCN(C(=O)Cc3cccc(OC)c3)CC2)C1. The first-order valence-electron chi connectivity index (χ1n) is 10.9. The number of hydrogen-bond acceptors (Lipinski definition) is 4. The number of piperidine rings is 1. The van der Waals surface area contributed by atoms with Crippen molar-refractivity contribution >= 4 is 12.0 Å². The number of rotatable bonds is 7. The maximum atomic E-state index is 12.7. The summed E-state index contributed by atoms with van der Waals surface area (Å²) in [5.41, 5.74) is 1.13. The molecule has 0 N–H and O–H groups in total. The van der Waals surface area contributed by atoms with Crippen LogP contribution in [0.2, 0.25) is 0 Å². The fourth-order valence-corrected chi connectivity index (χ4v) is 4.40. The molecule has 0 saturated carbocycles. The maximum Gasteiger partial charge on any atom is 0.409 e. The molecule has 0 aliphatic carbocycles. The highest BCUT2D eigenvalue weighted by Crippen LogP contribution is 2.40. The number of methoxy groups -OCH3 is 1. The van der Waals surface area contributed by atoms with Crippen LogP contribution in [-0.4, -0.2) is 61.7 Å². The highest BCUT2D eigenvalue weighted by molar-refractivity contribution is 5.79. The normalized spacial score (nSPS) is 18.1.